The smallest absolute Gasteiger partial charge is 0.251 e. The molecule has 4 aliphatic heterocycles. The van der Waals surface area contributed by atoms with Gasteiger partial charge in [-0.1, -0.05) is 12.1 Å². The van der Waals surface area contributed by atoms with Gasteiger partial charge in [0.25, 0.3) is 5.91 Å². The van der Waals surface area contributed by atoms with E-state index in [1.807, 2.05) is 43.6 Å². The number of piperidine rings is 1. The number of alkyl halides is 1. The number of fused-ring (bicyclic) bond motifs is 1. The van der Waals surface area contributed by atoms with Crippen molar-refractivity contribution >= 4 is 11.6 Å². The molecule has 3 fully saturated rings. The molecule has 1 amide bonds. The van der Waals surface area contributed by atoms with Crippen LogP contribution >= 0.6 is 0 Å². The molecular weight excluding hydrogens is 435 g/mol. The van der Waals surface area contributed by atoms with Gasteiger partial charge in [0.15, 0.2) is 0 Å². The van der Waals surface area contributed by atoms with Crippen LogP contribution in [0.1, 0.15) is 29.6 Å². The molecule has 0 aliphatic carbocycles. The van der Waals surface area contributed by atoms with Crippen LogP contribution in [0.5, 0.6) is 0 Å². The molecule has 0 radical (unpaired) electrons. The van der Waals surface area contributed by atoms with Crippen LogP contribution in [0, 0.1) is 5.92 Å². The van der Waals surface area contributed by atoms with E-state index < -0.39 is 6.17 Å². The van der Waals surface area contributed by atoms with E-state index in [1.54, 1.807) is 0 Å². The number of carbonyl (C=O) groups is 1. The largest absolute Gasteiger partial charge is 0.388 e. The van der Waals surface area contributed by atoms with E-state index in [9.17, 15) is 9.18 Å². The molecule has 10 heteroatoms. The third kappa shape index (κ3) is 5.06. The fourth-order valence-corrected chi connectivity index (χ4v) is 5.55. The second-order valence-corrected chi connectivity index (χ2v) is 9.76. The quantitative estimate of drug-likeness (QED) is 0.339. The summed E-state index contributed by atoms with van der Waals surface area (Å²) in [4.78, 5) is 17.4. The first-order valence-electron chi connectivity index (χ1n) is 12.5. The Kier molecular flexibility index (Phi) is 7.31. The Morgan fingerprint density at radius 3 is 3.00 bits per heavy atom. The van der Waals surface area contributed by atoms with Crippen LogP contribution in [0.25, 0.3) is 0 Å². The van der Waals surface area contributed by atoms with Crippen molar-refractivity contribution in [2.75, 3.05) is 45.1 Å². The van der Waals surface area contributed by atoms with E-state index in [1.165, 1.54) is 19.3 Å². The van der Waals surface area contributed by atoms with Crippen molar-refractivity contribution in [3.63, 3.8) is 0 Å². The summed E-state index contributed by atoms with van der Waals surface area (Å²) in [6, 6.07) is 7.95. The lowest BCUT2D eigenvalue weighted by molar-refractivity contribution is 0.0925. The van der Waals surface area contributed by atoms with Gasteiger partial charge in [0.05, 0.1) is 18.5 Å². The molecule has 1 aromatic carbocycles. The second-order valence-electron chi connectivity index (χ2n) is 9.76. The third-order valence-electron chi connectivity index (χ3n) is 7.58. The molecule has 4 aliphatic rings. The van der Waals surface area contributed by atoms with Crippen molar-refractivity contribution < 1.29 is 9.18 Å². The minimum Gasteiger partial charge on any atom is -0.388 e. The van der Waals surface area contributed by atoms with Crippen LogP contribution in [0.4, 0.5) is 10.1 Å². The Labute approximate surface area is 200 Å². The van der Waals surface area contributed by atoms with Crippen LogP contribution in [-0.2, 0) is 0 Å². The lowest BCUT2D eigenvalue weighted by atomic mass is 9.97. The lowest BCUT2D eigenvalue weighted by Crippen LogP contribution is -2.48. The number of nitrogens with one attached hydrogen (secondary N) is 6. The number of benzene rings is 1. The standard InChI is InChI=1S/C24H37FN8O/c1-32-22(30-31-23(32)19-8-9-26-14-20(19)25)15-27-17-6-4-5-16(11-17)24(34)29-13-18-12-28-21-7-2-3-10-33(18)21/h4-6,8-9,11,18-23,26-28,30-31H,2-3,7,10,12-15H2,1H3,(H,29,34). The minimum absolute atomic E-state index is 0.00896. The minimum atomic E-state index is -0.936. The summed E-state index contributed by atoms with van der Waals surface area (Å²) in [7, 11) is 1.99. The van der Waals surface area contributed by atoms with Crippen molar-refractivity contribution in [1.29, 1.82) is 0 Å². The summed E-state index contributed by atoms with van der Waals surface area (Å²) >= 11 is 0. The summed E-state index contributed by atoms with van der Waals surface area (Å²) in [6.45, 7) is 3.64. The number of hydrogen-bond donors (Lipinski definition) is 6. The highest BCUT2D eigenvalue weighted by Crippen LogP contribution is 2.23. The lowest BCUT2D eigenvalue weighted by Gasteiger charge is -2.33. The highest BCUT2D eigenvalue weighted by atomic mass is 19.1. The maximum atomic E-state index is 14.3. The number of carbonyl (C=O) groups excluding carboxylic acids is 1. The summed E-state index contributed by atoms with van der Waals surface area (Å²) in [5, 5.41) is 13.1. The van der Waals surface area contributed by atoms with Gasteiger partial charge in [-0.15, -0.1) is 0 Å². The molecule has 0 bridgehead atoms. The van der Waals surface area contributed by atoms with Gasteiger partial charge >= 0.3 is 0 Å². The van der Waals surface area contributed by atoms with E-state index in [2.05, 4.69) is 41.9 Å². The summed E-state index contributed by atoms with van der Waals surface area (Å²) in [6.07, 6.45) is 6.83. The van der Waals surface area contributed by atoms with Gasteiger partial charge in [-0.3, -0.25) is 14.6 Å². The molecular formula is C24H37FN8O. The van der Waals surface area contributed by atoms with Crippen LogP contribution in [0.3, 0.4) is 0 Å². The molecule has 6 atom stereocenters. The number of anilines is 1. The Morgan fingerprint density at radius 1 is 1.21 bits per heavy atom. The summed E-state index contributed by atoms with van der Waals surface area (Å²) in [5.41, 5.74) is 8.02. The molecule has 0 spiro atoms. The highest BCUT2D eigenvalue weighted by Gasteiger charge is 2.39. The zero-order valence-corrected chi connectivity index (χ0v) is 19.8. The second kappa shape index (κ2) is 10.6. The molecule has 5 rings (SSSR count). The van der Waals surface area contributed by atoms with Gasteiger partial charge in [0, 0.05) is 55.9 Å². The average molecular weight is 473 g/mol. The maximum Gasteiger partial charge on any atom is 0.251 e. The Hall–Kier alpha value is -2.24. The van der Waals surface area contributed by atoms with Gasteiger partial charge in [0.2, 0.25) is 0 Å². The maximum absolute atomic E-state index is 14.3. The zero-order valence-electron chi connectivity index (χ0n) is 19.8. The number of halogens is 1. The van der Waals surface area contributed by atoms with Gasteiger partial charge in [-0.2, -0.15) is 0 Å². The van der Waals surface area contributed by atoms with Gasteiger partial charge in [-0.25, -0.2) is 15.2 Å². The van der Waals surface area contributed by atoms with E-state index >= 15 is 0 Å². The van der Waals surface area contributed by atoms with Crippen LogP contribution < -0.4 is 32.1 Å². The number of hydrazine groups is 1. The van der Waals surface area contributed by atoms with E-state index in [4.69, 9.17) is 0 Å². The molecule has 6 unspecified atom stereocenters. The van der Waals surface area contributed by atoms with Crippen LogP contribution in [-0.4, -0.2) is 86.2 Å². The Balaban J connectivity index is 1.11. The topological polar surface area (TPSA) is 95.7 Å². The zero-order chi connectivity index (χ0) is 23.5. The molecule has 186 valence electrons. The average Bonchev–Trinajstić information content (AvgIpc) is 3.45. The number of nitrogens with zero attached hydrogens (tertiary/aromatic N) is 2. The number of rotatable bonds is 7. The van der Waals surface area contributed by atoms with Gasteiger partial charge in [-0.05, 0) is 50.7 Å². The van der Waals surface area contributed by atoms with Gasteiger partial charge in [0.1, 0.15) is 6.17 Å². The Morgan fingerprint density at radius 2 is 2.12 bits per heavy atom. The SMILES string of the molecule is CN1C(CNc2cccc(C(=O)NCC3CNC4CCCCN34)c2)NNC1C1C=CNCC1F. The van der Waals surface area contributed by atoms with E-state index in [0.29, 0.717) is 37.4 Å². The Bertz CT molecular complexity index is 884. The first-order valence-corrected chi connectivity index (χ1v) is 12.5. The van der Waals surface area contributed by atoms with E-state index in [0.717, 1.165) is 18.8 Å². The molecule has 3 saturated heterocycles. The predicted molar refractivity (Wildman–Crippen MR) is 131 cm³/mol. The van der Waals surface area contributed by atoms with Crippen molar-refractivity contribution in [3.05, 3.63) is 42.1 Å². The fraction of sp³-hybridized carbons (Fsp3) is 0.625. The normalized spacial score (nSPS) is 33.9. The monoisotopic (exact) mass is 472 g/mol. The van der Waals surface area contributed by atoms with Crippen LogP contribution in [0.2, 0.25) is 0 Å². The molecule has 34 heavy (non-hydrogen) atoms. The van der Waals surface area contributed by atoms with Crippen molar-refractivity contribution in [3.8, 4) is 0 Å². The van der Waals surface area contributed by atoms with Crippen molar-refractivity contribution in [2.45, 2.75) is 50.0 Å². The van der Waals surface area contributed by atoms with Crippen molar-refractivity contribution in [1.82, 2.24) is 36.6 Å². The molecule has 6 N–H and O–H groups in total. The molecule has 9 nitrogen and oxygen atoms in total. The molecule has 0 saturated carbocycles. The molecule has 4 heterocycles. The summed E-state index contributed by atoms with van der Waals surface area (Å²) in [5.74, 6) is -0.264. The van der Waals surface area contributed by atoms with Crippen LogP contribution in [0.15, 0.2) is 36.5 Å². The van der Waals surface area contributed by atoms with E-state index in [-0.39, 0.29) is 24.2 Å². The highest BCUT2D eigenvalue weighted by molar-refractivity contribution is 5.95. The predicted octanol–water partition coefficient (Wildman–Crippen LogP) is 0.375. The van der Waals surface area contributed by atoms with Gasteiger partial charge < -0.3 is 21.3 Å². The van der Waals surface area contributed by atoms with Crippen molar-refractivity contribution in [2.24, 2.45) is 5.92 Å². The first kappa shape index (κ1) is 23.5. The number of likely N-dealkylation sites (N-methyl/N-ethyl adjacent to an activating group) is 1. The molecule has 0 aromatic heterocycles. The third-order valence-corrected chi connectivity index (χ3v) is 7.58. The number of amides is 1. The molecule has 1 aromatic rings. The first-order chi connectivity index (χ1) is 16.6. The number of hydrogen-bond acceptors (Lipinski definition) is 8. The fourth-order valence-electron chi connectivity index (χ4n) is 5.55. The summed E-state index contributed by atoms with van der Waals surface area (Å²) < 4.78 is 14.3.